The highest BCUT2D eigenvalue weighted by molar-refractivity contribution is 5.73. The number of hydrogen-bond acceptors (Lipinski definition) is 4. The summed E-state index contributed by atoms with van der Waals surface area (Å²) in [5.41, 5.74) is 0.999. The molecule has 1 atom stereocenters. The van der Waals surface area contributed by atoms with Gasteiger partial charge in [0.15, 0.2) is 0 Å². The number of nitrogens with one attached hydrogen (secondary N) is 2. The van der Waals surface area contributed by atoms with E-state index in [1.54, 1.807) is 6.26 Å². The third kappa shape index (κ3) is 4.53. The van der Waals surface area contributed by atoms with Crippen molar-refractivity contribution in [2.75, 3.05) is 6.67 Å². The summed E-state index contributed by atoms with van der Waals surface area (Å²) in [7, 11) is 0. The largest absolute Gasteiger partial charge is 0.480 e. The molecule has 1 heterocycles. The maximum atomic E-state index is 11.2. The van der Waals surface area contributed by atoms with Crippen molar-refractivity contribution < 1.29 is 14.3 Å². The van der Waals surface area contributed by atoms with Gasteiger partial charge in [-0.05, 0) is 24.1 Å². The van der Waals surface area contributed by atoms with E-state index in [0.29, 0.717) is 19.6 Å². The number of hydrogen-bond donors (Lipinski definition) is 3. The van der Waals surface area contributed by atoms with Gasteiger partial charge < -0.3 is 9.52 Å². The van der Waals surface area contributed by atoms with Gasteiger partial charge in [0.1, 0.15) is 11.8 Å². The second-order valence-electron chi connectivity index (χ2n) is 4.47. The molecule has 0 radical (unpaired) electrons. The van der Waals surface area contributed by atoms with Gasteiger partial charge >= 0.3 is 5.97 Å². The number of aliphatic carboxylic acids is 1. The third-order valence-electron chi connectivity index (χ3n) is 2.93. The van der Waals surface area contributed by atoms with Crippen molar-refractivity contribution in [2.45, 2.75) is 19.0 Å². The Morgan fingerprint density at radius 2 is 2.00 bits per heavy atom. The minimum Gasteiger partial charge on any atom is -0.480 e. The fraction of sp³-hybridized carbons (Fsp3) is 0.267. The number of benzene rings is 1. The first-order valence-corrected chi connectivity index (χ1v) is 6.49. The minimum atomic E-state index is -0.853. The van der Waals surface area contributed by atoms with E-state index in [1.807, 2.05) is 42.5 Å². The maximum absolute atomic E-state index is 11.2. The Morgan fingerprint density at radius 3 is 2.65 bits per heavy atom. The molecule has 0 aliphatic rings. The topological polar surface area (TPSA) is 74.5 Å². The van der Waals surface area contributed by atoms with Crippen molar-refractivity contribution >= 4 is 5.97 Å². The van der Waals surface area contributed by atoms with Crippen molar-refractivity contribution in [3.63, 3.8) is 0 Å². The first kappa shape index (κ1) is 14.3. The van der Waals surface area contributed by atoms with Gasteiger partial charge in [-0.1, -0.05) is 30.3 Å². The van der Waals surface area contributed by atoms with Gasteiger partial charge in [0.2, 0.25) is 0 Å². The molecule has 0 fully saturated rings. The molecule has 5 heteroatoms. The van der Waals surface area contributed by atoms with Crippen molar-refractivity contribution in [2.24, 2.45) is 0 Å². The van der Waals surface area contributed by atoms with E-state index in [4.69, 9.17) is 4.42 Å². The molecule has 0 saturated heterocycles. The van der Waals surface area contributed by atoms with E-state index in [-0.39, 0.29) is 0 Å². The lowest BCUT2D eigenvalue weighted by Crippen LogP contribution is -2.43. The Morgan fingerprint density at radius 1 is 1.20 bits per heavy atom. The zero-order valence-electron chi connectivity index (χ0n) is 11.1. The van der Waals surface area contributed by atoms with Crippen molar-refractivity contribution in [1.82, 2.24) is 10.6 Å². The molecule has 2 rings (SSSR count). The summed E-state index contributed by atoms with van der Waals surface area (Å²) < 4.78 is 5.18. The van der Waals surface area contributed by atoms with Crippen LogP contribution in [-0.4, -0.2) is 23.8 Å². The van der Waals surface area contributed by atoms with Crippen molar-refractivity contribution in [3.05, 3.63) is 60.1 Å². The first-order valence-electron chi connectivity index (χ1n) is 6.49. The fourth-order valence-corrected chi connectivity index (χ4v) is 1.89. The van der Waals surface area contributed by atoms with Crippen molar-refractivity contribution in [1.29, 1.82) is 0 Å². The molecule has 0 bridgehead atoms. The van der Waals surface area contributed by atoms with Gasteiger partial charge in [0.25, 0.3) is 0 Å². The maximum Gasteiger partial charge on any atom is 0.321 e. The third-order valence-corrected chi connectivity index (χ3v) is 2.93. The van der Waals surface area contributed by atoms with Crippen LogP contribution in [0.15, 0.2) is 53.1 Å². The molecule has 106 valence electrons. The normalized spacial score (nSPS) is 12.2. The molecule has 1 aromatic carbocycles. The van der Waals surface area contributed by atoms with E-state index in [1.165, 1.54) is 0 Å². The lowest BCUT2D eigenvalue weighted by Gasteiger charge is -2.14. The number of carbonyl (C=O) groups is 1. The number of furan rings is 1. The summed E-state index contributed by atoms with van der Waals surface area (Å²) in [4.78, 5) is 11.2. The van der Waals surface area contributed by atoms with Gasteiger partial charge in [-0.15, -0.1) is 0 Å². The number of rotatable bonds is 8. The molecule has 1 unspecified atom stereocenters. The molecular formula is C15H18N2O3. The molecule has 0 amide bonds. The Kier molecular flexibility index (Phi) is 5.34. The van der Waals surface area contributed by atoms with Gasteiger partial charge in [-0.3, -0.25) is 15.4 Å². The van der Waals surface area contributed by atoms with Crippen LogP contribution in [0.1, 0.15) is 11.3 Å². The number of carboxylic acids is 1. The van der Waals surface area contributed by atoms with Gasteiger partial charge in [0, 0.05) is 6.67 Å². The standard InChI is InChI=1S/C15H18N2O3/c18-15(19)14(9-12-5-2-1-3-6-12)17-11-16-10-13-7-4-8-20-13/h1-8,14,16-17H,9-11H2,(H,18,19). The molecule has 0 aliphatic heterocycles. The molecule has 0 aliphatic carbocycles. The summed E-state index contributed by atoms with van der Waals surface area (Å²) in [6, 6.07) is 12.7. The SMILES string of the molecule is O=C(O)C(Cc1ccccc1)NCNCc1ccco1. The lowest BCUT2D eigenvalue weighted by atomic mass is 10.1. The van der Waals surface area contributed by atoms with Crippen LogP contribution in [0, 0.1) is 0 Å². The second-order valence-corrected chi connectivity index (χ2v) is 4.47. The molecule has 20 heavy (non-hydrogen) atoms. The Hall–Kier alpha value is -2.11. The zero-order valence-corrected chi connectivity index (χ0v) is 11.1. The van der Waals surface area contributed by atoms with E-state index in [9.17, 15) is 9.90 Å². The fourth-order valence-electron chi connectivity index (χ4n) is 1.89. The van der Waals surface area contributed by atoms with Crippen molar-refractivity contribution in [3.8, 4) is 0 Å². The lowest BCUT2D eigenvalue weighted by molar-refractivity contribution is -0.139. The highest BCUT2D eigenvalue weighted by Gasteiger charge is 2.16. The highest BCUT2D eigenvalue weighted by atomic mass is 16.4. The minimum absolute atomic E-state index is 0.407. The molecule has 0 spiro atoms. The van der Waals surface area contributed by atoms with Gasteiger partial charge in [-0.25, -0.2) is 0 Å². The zero-order chi connectivity index (χ0) is 14.2. The monoisotopic (exact) mass is 274 g/mol. The van der Waals surface area contributed by atoms with Crippen LogP contribution in [0.2, 0.25) is 0 Å². The Bertz CT molecular complexity index is 511. The van der Waals surface area contributed by atoms with E-state index in [2.05, 4.69) is 10.6 Å². The van der Waals surface area contributed by atoms with E-state index in [0.717, 1.165) is 11.3 Å². The highest BCUT2D eigenvalue weighted by Crippen LogP contribution is 2.03. The smallest absolute Gasteiger partial charge is 0.321 e. The Labute approximate surface area is 117 Å². The number of carboxylic acid groups (broad SMARTS) is 1. The van der Waals surface area contributed by atoms with Gasteiger partial charge in [-0.2, -0.15) is 0 Å². The summed E-state index contributed by atoms with van der Waals surface area (Å²) in [5, 5.41) is 15.3. The summed E-state index contributed by atoms with van der Waals surface area (Å²) in [6.45, 7) is 0.974. The predicted molar refractivity (Wildman–Crippen MR) is 75.1 cm³/mol. The van der Waals surface area contributed by atoms with Crippen LogP contribution in [0.25, 0.3) is 0 Å². The molecule has 0 saturated carbocycles. The Balaban J connectivity index is 1.76. The first-order chi connectivity index (χ1) is 9.75. The molecule has 5 nitrogen and oxygen atoms in total. The quantitative estimate of drug-likeness (QED) is 0.504. The molecule has 3 N–H and O–H groups in total. The average molecular weight is 274 g/mol. The van der Waals surface area contributed by atoms with Crippen LogP contribution in [0.3, 0.4) is 0 Å². The summed E-state index contributed by atoms with van der Waals surface area (Å²) in [6.07, 6.45) is 2.07. The van der Waals surface area contributed by atoms with Crippen LogP contribution < -0.4 is 10.6 Å². The molecular weight excluding hydrogens is 256 g/mol. The molecule has 2 aromatic rings. The summed E-state index contributed by atoms with van der Waals surface area (Å²) in [5.74, 6) is -0.0320. The van der Waals surface area contributed by atoms with E-state index < -0.39 is 12.0 Å². The van der Waals surface area contributed by atoms with E-state index >= 15 is 0 Å². The average Bonchev–Trinajstić information content (AvgIpc) is 2.96. The van der Waals surface area contributed by atoms with Crippen LogP contribution in [0.4, 0.5) is 0 Å². The summed E-state index contributed by atoms with van der Waals surface area (Å²) >= 11 is 0. The van der Waals surface area contributed by atoms with Gasteiger partial charge in [0.05, 0.1) is 12.8 Å². The second kappa shape index (κ2) is 7.47. The predicted octanol–water partition coefficient (Wildman–Crippen LogP) is 1.61. The molecule has 1 aromatic heterocycles. The van der Waals surface area contributed by atoms with Crippen LogP contribution in [0.5, 0.6) is 0 Å². The van der Waals surface area contributed by atoms with Crippen LogP contribution >= 0.6 is 0 Å². The van der Waals surface area contributed by atoms with Crippen LogP contribution in [-0.2, 0) is 17.8 Å².